The highest BCUT2D eigenvalue weighted by Gasteiger charge is 2.15. The average molecular weight is 247 g/mol. The summed E-state index contributed by atoms with van der Waals surface area (Å²) in [4.78, 5) is 11.8. The second-order valence-corrected chi connectivity index (χ2v) is 6.03. The molecule has 1 aromatic rings. The molecule has 100 valence electrons. The van der Waals surface area contributed by atoms with Gasteiger partial charge in [0.1, 0.15) is 0 Å². The van der Waals surface area contributed by atoms with E-state index in [1.807, 2.05) is 6.07 Å². The molecule has 0 unspecified atom stereocenters. The van der Waals surface area contributed by atoms with Gasteiger partial charge in [-0.3, -0.25) is 4.79 Å². The molecule has 0 saturated carbocycles. The molecule has 0 bridgehead atoms. The molecule has 0 radical (unpaired) electrons. The molecule has 0 aliphatic heterocycles. The molecule has 0 aliphatic rings. The Labute approximate surface area is 111 Å². The van der Waals surface area contributed by atoms with E-state index in [1.165, 1.54) is 11.1 Å². The zero-order chi connectivity index (χ0) is 13.6. The summed E-state index contributed by atoms with van der Waals surface area (Å²) in [5, 5.41) is 3.02. The van der Waals surface area contributed by atoms with Gasteiger partial charge < -0.3 is 5.32 Å². The van der Waals surface area contributed by atoms with E-state index in [4.69, 9.17) is 0 Å². The number of carbonyl (C=O) groups excluding carboxylic acids is 1. The number of nitrogens with one attached hydrogen (secondary N) is 1. The maximum atomic E-state index is 11.8. The first-order valence-electron chi connectivity index (χ1n) is 6.76. The van der Waals surface area contributed by atoms with Crippen LogP contribution in [0.4, 0.5) is 0 Å². The van der Waals surface area contributed by atoms with Gasteiger partial charge in [-0.25, -0.2) is 0 Å². The number of carbonyl (C=O) groups is 1. The van der Waals surface area contributed by atoms with Gasteiger partial charge in [0, 0.05) is 13.0 Å². The minimum atomic E-state index is 0.0486. The molecule has 0 aliphatic carbocycles. The first kappa shape index (κ1) is 14.7. The molecule has 1 N–H and O–H groups in total. The van der Waals surface area contributed by atoms with Crippen LogP contribution >= 0.6 is 0 Å². The number of amides is 1. The van der Waals surface area contributed by atoms with Gasteiger partial charge >= 0.3 is 0 Å². The highest BCUT2D eigenvalue weighted by Crippen LogP contribution is 2.18. The Bertz CT molecular complexity index is 390. The van der Waals surface area contributed by atoms with Gasteiger partial charge in [-0.15, -0.1) is 0 Å². The summed E-state index contributed by atoms with van der Waals surface area (Å²) in [6.45, 7) is 9.06. The first-order chi connectivity index (χ1) is 8.42. The van der Waals surface area contributed by atoms with Gasteiger partial charge in [-0.05, 0) is 23.0 Å². The zero-order valence-corrected chi connectivity index (χ0v) is 12.0. The highest BCUT2D eigenvalue weighted by molar-refractivity contribution is 5.76. The topological polar surface area (TPSA) is 29.1 Å². The summed E-state index contributed by atoms with van der Waals surface area (Å²) in [5.74, 6) is 0.133. The number of benzene rings is 1. The van der Waals surface area contributed by atoms with E-state index in [-0.39, 0.29) is 11.3 Å². The third-order valence-electron chi connectivity index (χ3n) is 2.80. The lowest BCUT2D eigenvalue weighted by molar-refractivity contribution is -0.122. The number of aryl methyl sites for hydroxylation is 1. The van der Waals surface area contributed by atoms with Crippen molar-refractivity contribution in [3.05, 3.63) is 35.4 Å². The third-order valence-corrected chi connectivity index (χ3v) is 2.80. The normalized spacial score (nSPS) is 11.3. The molecule has 0 spiro atoms. The minimum absolute atomic E-state index is 0.0486. The summed E-state index contributed by atoms with van der Waals surface area (Å²) < 4.78 is 0. The maximum absolute atomic E-state index is 11.8. The standard InChI is InChI=1S/C16H25NO/c1-5-8-13-9-6-7-10-14(13)12-17-15(18)11-16(2,3)4/h6-7,9-10H,5,8,11-12H2,1-4H3,(H,17,18). The predicted molar refractivity (Wildman–Crippen MR) is 76.4 cm³/mol. The molecule has 2 nitrogen and oxygen atoms in total. The molecule has 0 aromatic heterocycles. The second-order valence-electron chi connectivity index (χ2n) is 6.03. The van der Waals surface area contributed by atoms with Gasteiger partial charge in [0.2, 0.25) is 5.91 Å². The Morgan fingerprint density at radius 3 is 2.33 bits per heavy atom. The van der Waals surface area contributed by atoms with Crippen molar-refractivity contribution < 1.29 is 4.79 Å². The van der Waals surface area contributed by atoms with Crippen LogP contribution in [0, 0.1) is 5.41 Å². The fraction of sp³-hybridized carbons (Fsp3) is 0.562. The van der Waals surface area contributed by atoms with E-state index >= 15 is 0 Å². The maximum Gasteiger partial charge on any atom is 0.220 e. The van der Waals surface area contributed by atoms with Crippen LogP contribution in [-0.2, 0) is 17.8 Å². The van der Waals surface area contributed by atoms with Crippen molar-refractivity contribution in [1.82, 2.24) is 5.32 Å². The Balaban J connectivity index is 2.55. The summed E-state index contributed by atoms with van der Waals surface area (Å²) in [6.07, 6.45) is 2.78. The zero-order valence-electron chi connectivity index (χ0n) is 12.0. The molecule has 0 heterocycles. The summed E-state index contributed by atoms with van der Waals surface area (Å²) in [5.41, 5.74) is 2.63. The quantitative estimate of drug-likeness (QED) is 0.844. The second kappa shape index (κ2) is 6.58. The molecule has 1 rings (SSSR count). The van der Waals surface area contributed by atoms with Crippen molar-refractivity contribution >= 4 is 5.91 Å². The van der Waals surface area contributed by atoms with Crippen molar-refractivity contribution in [2.75, 3.05) is 0 Å². The monoisotopic (exact) mass is 247 g/mol. The predicted octanol–water partition coefficient (Wildman–Crippen LogP) is 3.69. The van der Waals surface area contributed by atoms with Gasteiger partial charge in [-0.1, -0.05) is 58.4 Å². The lowest BCUT2D eigenvalue weighted by Gasteiger charge is -2.17. The molecule has 2 heteroatoms. The molecular formula is C16H25NO. The fourth-order valence-electron chi connectivity index (χ4n) is 1.98. The molecular weight excluding hydrogens is 222 g/mol. The number of hydrogen-bond donors (Lipinski definition) is 1. The Kier molecular flexibility index (Phi) is 5.39. The number of hydrogen-bond acceptors (Lipinski definition) is 1. The van der Waals surface area contributed by atoms with E-state index in [2.05, 4.69) is 51.2 Å². The van der Waals surface area contributed by atoms with Crippen LogP contribution in [0.2, 0.25) is 0 Å². The summed E-state index contributed by atoms with van der Waals surface area (Å²) >= 11 is 0. The molecule has 18 heavy (non-hydrogen) atoms. The van der Waals surface area contributed by atoms with E-state index in [0.717, 1.165) is 12.8 Å². The summed E-state index contributed by atoms with van der Waals surface area (Å²) in [6, 6.07) is 8.34. The Hall–Kier alpha value is -1.31. The fourth-order valence-corrected chi connectivity index (χ4v) is 1.98. The van der Waals surface area contributed by atoms with E-state index in [0.29, 0.717) is 13.0 Å². The van der Waals surface area contributed by atoms with Gasteiger partial charge in [-0.2, -0.15) is 0 Å². The SMILES string of the molecule is CCCc1ccccc1CNC(=O)CC(C)(C)C. The Morgan fingerprint density at radius 1 is 1.17 bits per heavy atom. The van der Waals surface area contributed by atoms with Crippen LogP contribution in [0.3, 0.4) is 0 Å². The lowest BCUT2D eigenvalue weighted by Crippen LogP contribution is -2.27. The van der Waals surface area contributed by atoms with Crippen LogP contribution in [0.5, 0.6) is 0 Å². The van der Waals surface area contributed by atoms with Crippen molar-refractivity contribution in [3.8, 4) is 0 Å². The van der Waals surface area contributed by atoms with E-state index in [9.17, 15) is 4.79 Å². The lowest BCUT2D eigenvalue weighted by atomic mass is 9.92. The summed E-state index contributed by atoms with van der Waals surface area (Å²) in [7, 11) is 0. The van der Waals surface area contributed by atoms with Crippen molar-refractivity contribution in [2.24, 2.45) is 5.41 Å². The molecule has 1 aromatic carbocycles. The van der Waals surface area contributed by atoms with Crippen molar-refractivity contribution in [1.29, 1.82) is 0 Å². The van der Waals surface area contributed by atoms with Crippen molar-refractivity contribution in [2.45, 2.75) is 53.5 Å². The van der Waals surface area contributed by atoms with Crippen LogP contribution in [0.15, 0.2) is 24.3 Å². The minimum Gasteiger partial charge on any atom is -0.352 e. The Morgan fingerprint density at radius 2 is 1.78 bits per heavy atom. The smallest absolute Gasteiger partial charge is 0.220 e. The molecule has 0 atom stereocenters. The van der Waals surface area contributed by atoms with Gasteiger partial charge in [0.05, 0.1) is 0 Å². The van der Waals surface area contributed by atoms with Crippen LogP contribution < -0.4 is 5.32 Å². The van der Waals surface area contributed by atoms with Gasteiger partial charge in [0.15, 0.2) is 0 Å². The van der Waals surface area contributed by atoms with Gasteiger partial charge in [0.25, 0.3) is 0 Å². The molecule has 0 fully saturated rings. The van der Waals surface area contributed by atoms with Crippen LogP contribution in [-0.4, -0.2) is 5.91 Å². The molecule has 0 saturated heterocycles. The van der Waals surface area contributed by atoms with E-state index in [1.54, 1.807) is 0 Å². The molecule has 1 amide bonds. The van der Waals surface area contributed by atoms with Crippen LogP contribution in [0.1, 0.15) is 51.7 Å². The largest absolute Gasteiger partial charge is 0.352 e. The number of rotatable bonds is 5. The van der Waals surface area contributed by atoms with Crippen molar-refractivity contribution in [3.63, 3.8) is 0 Å². The highest BCUT2D eigenvalue weighted by atomic mass is 16.1. The first-order valence-corrected chi connectivity index (χ1v) is 6.76. The average Bonchev–Trinajstić information content (AvgIpc) is 2.26. The third kappa shape index (κ3) is 5.35. The van der Waals surface area contributed by atoms with Crippen LogP contribution in [0.25, 0.3) is 0 Å². The van der Waals surface area contributed by atoms with E-state index < -0.39 is 0 Å².